The first-order chi connectivity index (χ1) is 27.1. The van der Waals surface area contributed by atoms with Gasteiger partial charge in [0.1, 0.15) is 0 Å². The van der Waals surface area contributed by atoms with Gasteiger partial charge in [-0.2, -0.15) is 0 Å². The van der Waals surface area contributed by atoms with Crippen LogP contribution in [-0.4, -0.2) is 30.0 Å². The van der Waals surface area contributed by atoms with Gasteiger partial charge in [0.15, 0.2) is 0 Å². The summed E-state index contributed by atoms with van der Waals surface area (Å²) in [7, 11) is 0. The minimum Gasteiger partial charge on any atom is -0.550 e. The summed E-state index contributed by atoms with van der Waals surface area (Å²) in [5, 5.41) is 11.0. The molecule has 0 radical (unpaired) electrons. The summed E-state index contributed by atoms with van der Waals surface area (Å²) in [4.78, 5) is 13.7. The third kappa shape index (κ3) is 49.4. The number of carbonyl (C=O) groups is 1. The van der Waals surface area contributed by atoms with Crippen LogP contribution in [0.1, 0.15) is 310 Å². The molecule has 330 valence electrons. The van der Waals surface area contributed by atoms with Gasteiger partial charge in [0.05, 0.1) is 0 Å². The molecule has 0 aromatic rings. The van der Waals surface area contributed by atoms with Gasteiger partial charge >= 0.3 is 51.4 Å². The van der Waals surface area contributed by atoms with E-state index in [9.17, 15) is 9.90 Å². The third-order valence-electron chi connectivity index (χ3n) is 12.7. The Balaban J connectivity index is 0. The van der Waals surface area contributed by atoms with Crippen molar-refractivity contribution >= 4 is 5.97 Å². The van der Waals surface area contributed by atoms with Crippen molar-refractivity contribution in [1.82, 2.24) is 4.90 Å². The first-order valence-corrected chi connectivity index (χ1v) is 26.1. The molecular weight excluding hydrogens is 710 g/mol. The molecule has 0 heterocycles. The van der Waals surface area contributed by atoms with E-state index in [1.54, 1.807) is 0 Å². The number of hydrogen-bond donors (Lipinski definition) is 0. The molecule has 0 aliphatic carbocycles. The summed E-state index contributed by atoms with van der Waals surface area (Å²) in [5.41, 5.74) is 0. The van der Waals surface area contributed by atoms with E-state index in [4.69, 9.17) is 0 Å². The van der Waals surface area contributed by atoms with E-state index in [1.165, 1.54) is 283 Å². The Labute approximate surface area is 397 Å². The first-order valence-electron chi connectivity index (χ1n) is 26.1. The van der Waals surface area contributed by atoms with Crippen molar-refractivity contribution < 1.29 is 61.3 Å². The van der Waals surface area contributed by atoms with Crippen LogP contribution in [0.3, 0.4) is 0 Å². The summed E-state index contributed by atoms with van der Waals surface area (Å²) < 4.78 is 0. The molecular formula is C52H104KNO2. The minimum absolute atomic E-state index is 0. The molecule has 0 saturated heterocycles. The molecule has 0 aromatic heterocycles. The van der Waals surface area contributed by atoms with Gasteiger partial charge < -0.3 is 14.8 Å². The molecule has 0 saturated carbocycles. The van der Waals surface area contributed by atoms with E-state index in [-0.39, 0.29) is 57.8 Å². The van der Waals surface area contributed by atoms with Gasteiger partial charge in [-0.3, -0.25) is 0 Å². The van der Waals surface area contributed by atoms with Crippen LogP contribution < -0.4 is 56.5 Å². The number of aliphatic carboxylic acids is 1. The van der Waals surface area contributed by atoms with Crippen molar-refractivity contribution in [2.24, 2.45) is 0 Å². The van der Waals surface area contributed by atoms with E-state index in [0.717, 1.165) is 12.8 Å². The second-order valence-corrected chi connectivity index (χ2v) is 18.3. The summed E-state index contributed by atoms with van der Waals surface area (Å²) in [6.45, 7) is 9.30. The van der Waals surface area contributed by atoms with Gasteiger partial charge in [-0.1, -0.05) is 271 Å². The smallest absolute Gasteiger partial charge is 0.550 e. The molecule has 0 bridgehead atoms. The Bertz CT molecular complexity index is 671. The average Bonchev–Trinajstić information content (AvgIpc) is 3.18. The third-order valence-corrected chi connectivity index (χ3v) is 12.7. The molecule has 1 unspecified atom stereocenters. The van der Waals surface area contributed by atoms with Crippen LogP contribution in [0.25, 0.3) is 0 Å². The topological polar surface area (TPSA) is 43.4 Å². The fourth-order valence-electron chi connectivity index (χ4n) is 8.77. The van der Waals surface area contributed by atoms with E-state index >= 15 is 0 Å². The largest absolute Gasteiger partial charge is 1.00 e. The van der Waals surface area contributed by atoms with E-state index in [2.05, 4.69) is 25.7 Å². The molecule has 0 aromatic carbocycles. The second-order valence-electron chi connectivity index (χ2n) is 18.3. The zero-order chi connectivity index (χ0) is 40.0. The first kappa shape index (κ1) is 59.2. The molecule has 0 rings (SSSR count). The number of carboxylic acid groups (broad SMARTS) is 1. The summed E-state index contributed by atoms with van der Waals surface area (Å²) in [6.07, 6.45) is 62.0. The van der Waals surface area contributed by atoms with Crippen molar-refractivity contribution in [3.05, 3.63) is 0 Å². The standard InChI is InChI=1S/C52H105NO2.K/c1-4-6-8-10-12-14-16-18-20-22-24-26-28-30-32-34-36-38-40-42-44-49-53(51(3)47-46-48-52(54)55)50-45-43-41-39-37-35-33-31-29-27-25-23-21-19-17-15-13-11-9-7-5-2;/h51H,4-50H2,1-3H3,(H,54,55);/q;+1/p-1. The predicted octanol–water partition coefficient (Wildman–Crippen LogP) is 14.0. The van der Waals surface area contributed by atoms with Crippen LogP contribution in [0.4, 0.5) is 0 Å². The van der Waals surface area contributed by atoms with Gasteiger partial charge in [-0.15, -0.1) is 0 Å². The number of unbranched alkanes of at least 4 members (excludes halogenated alkanes) is 40. The van der Waals surface area contributed by atoms with E-state index < -0.39 is 5.97 Å². The normalized spacial score (nSPS) is 12.1. The van der Waals surface area contributed by atoms with Crippen molar-refractivity contribution in [2.75, 3.05) is 13.1 Å². The summed E-state index contributed by atoms with van der Waals surface area (Å²) >= 11 is 0. The second kappa shape index (κ2) is 52.2. The molecule has 0 aliphatic heterocycles. The molecule has 0 fully saturated rings. The number of hydrogen-bond acceptors (Lipinski definition) is 3. The molecule has 4 heteroatoms. The number of rotatable bonds is 49. The molecule has 0 N–H and O–H groups in total. The molecule has 1 atom stereocenters. The van der Waals surface area contributed by atoms with Crippen LogP contribution in [0.5, 0.6) is 0 Å². The molecule has 0 spiro atoms. The Hall–Kier alpha value is 1.07. The fourth-order valence-corrected chi connectivity index (χ4v) is 8.77. The molecule has 3 nitrogen and oxygen atoms in total. The van der Waals surface area contributed by atoms with Crippen molar-refractivity contribution in [1.29, 1.82) is 0 Å². The Kier molecular flexibility index (Phi) is 55.1. The average molecular weight is 815 g/mol. The number of carbonyl (C=O) groups excluding carboxylic acids is 1. The van der Waals surface area contributed by atoms with Crippen LogP contribution in [0, 0.1) is 0 Å². The Morgan fingerprint density at radius 2 is 0.554 bits per heavy atom. The van der Waals surface area contributed by atoms with Crippen molar-refractivity contribution in [3.8, 4) is 0 Å². The van der Waals surface area contributed by atoms with Crippen LogP contribution in [0.15, 0.2) is 0 Å². The SMILES string of the molecule is CCCCCCCCCCCCCCCCCCCCCCCN(CCCCCCCCCCCCCCCCCCCCCCC)C(C)CCCC(=O)[O-].[K+]. The van der Waals surface area contributed by atoms with Gasteiger partial charge in [0, 0.05) is 12.0 Å². The van der Waals surface area contributed by atoms with Gasteiger partial charge in [0.2, 0.25) is 0 Å². The number of carboxylic acids is 1. The van der Waals surface area contributed by atoms with E-state index in [1.807, 2.05) is 0 Å². The van der Waals surface area contributed by atoms with Crippen molar-refractivity contribution in [2.45, 2.75) is 316 Å². The van der Waals surface area contributed by atoms with Crippen LogP contribution in [-0.2, 0) is 4.79 Å². The van der Waals surface area contributed by atoms with Crippen molar-refractivity contribution in [3.63, 3.8) is 0 Å². The maximum Gasteiger partial charge on any atom is 1.00 e. The monoisotopic (exact) mass is 814 g/mol. The summed E-state index contributed by atoms with van der Waals surface area (Å²) in [5.74, 6) is -0.896. The zero-order valence-corrected chi connectivity index (χ0v) is 42.7. The molecule has 0 amide bonds. The number of nitrogens with zero attached hydrogens (tertiary/aromatic N) is 1. The maximum absolute atomic E-state index is 11.0. The van der Waals surface area contributed by atoms with Gasteiger partial charge in [-0.05, 0) is 52.1 Å². The van der Waals surface area contributed by atoms with Crippen LogP contribution in [0.2, 0.25) is 0 Å². The Morgan fingerprint density at radius 3 is 0.750 bits per heavy atom. The molecule has 56 heavy (non-hydrogen) atoms. The Morgan fingerprint density at radius 1 is 0.357 bits per heavy atom. The minimum atomic E-state index is -0.896. The predicted molar refractivity (Wildman–Crippen MR) is 245 cm³/mol. The summed E-state index contributed by atoms with van der Waals surface area (Å²) in [6, 6.07) is 0.481. The van der Waals surface area contributed by atoms with Gasteiger partial charge in [-0.25, -0.2) is 0 Å². The van der Waals surface area contributed by atoms with Gasteiger partial charge in [0.25, 0.3) is 0 Å². The van der Waals surface area contributed by atoms with Crippen LogP contribution >= 0.6 is 0 Å². The molecule has 0 aliphatic rings. The maximum atomic E-state index is 11.0. The fraction of sp³-hybridized carbons (Fsp3) is 0.981. The zero-order valence-electron chi connectivity index (χ0n) is 39.6. The van der Waals surface area contributed by atoms with E-state index in [0.29, 0.717) is 6.04 Å². The quantitative estimate of drug-likeness (QED) is 0.0454.